The van der Waals surface area contributed by atoms with Gasteiger partial charge in [0.15, 0.2) is 5.78 Å². The maximum atomic E-state index is 12.1. The van der Waals surface area contributed by atoms with Crippen molar-refractivity contribution < 1.29 is 24.9 Å². The second-order valence-electron chi connectivity index (χ2n) is 12.1. The summed E-state index contributed by atoms with van der Waals surface area (Å²) in [7, 11) is 0. The lowest BCUT2D eigenvalue weighted by Crippen LogP contribution is -2.60. The van der Waals surface area contributed by atoms with Crippen LogP contribution < -0.4 is 0 Å². The Hall–Kier alpha value is -1.20. The molecular weight excluding hydrogens is 404 g/mol. The highest BCUT2D eigenvalue weighted by atomic mass is 16.4. The Kier molecular flexibility index (Phi) is 6.39. The molecule has 10 atom stereocenters. The van der Waals surface area contributed by atoms with Crippen LogP contribution in [0.4, 0.5) is 0 Å². The van der Waals surface area contributed by atoms with E-state index in [4.69, 9.17) is 5.11 Å². The number of carboxylic acids is 1. The Morgan fingerprint density at radius 3 is 2.56 bits per heavy atom. The Labute approximate surface area is 192 Å². The second-order valence-corrected chi connectivity index (χ2v) is 12.1. The molecule has 5 unspecified atom stereocenters. The molecule has 0 saturated heterocycles. The summed E-state index contributed by atoms with van der Waals surface area (Å²) in [5.41, 5.74) is 0.813. The molecule has 5 nitrogen and oxygen atoms in total. The van der Waals surface area contributed by atoms with Gasteiger partial charge in [0.2, 0.25) is 0 Å². The van der Waals surface area contributed by atoms with Crippen LogP contribution in [0.15, 0.2) is 11.6 Å². The van der Waals surface area contributed by atoms with Crippen LogP contribution in [0, 0.1) is 46.3 Å². The van der Waals surface area contributed by atoms with Crippen LogP contribution in [0.1, 0.15) is 85.5 Å². The SMILES string of the molecule is CC(CCC[C@@H](C)[C@H]1CCC2C3C(O)CC4=CC(=O)CC[C@]4(C)C3C[C@H](O)[C@@]21C)C(=O)O. The topological polar surface area (TPSA) is 94.8 Å². The zero-order chi connectivity index (χ0) is 23.4. The van der Waals surface area contributed by atoms with Gasteiger partial charge in [0.05, 0.1) is 18.1 Å². The summed E-state index contributed by atoms with van der Waals surface area (Å²) < 4.78 is 0. The van der Waals surface area contributed by atoms with Crippen LogP contribution >= 0.6 is 0 Å². The highest BCUT2D eigenvalue weighted by molar-refractivity contribution is 5.91. The highest BCUT2D eigenvalue weighted by Crippen LogP contribution is 2.67. The van der Waals surface area contributed by atoms with Gasteiger partial charge >= 0.3 is 5.97 Å². The molecule has 3 fully saturated rings. The van der Waals surface area contributed by atoms with Gasteiger partial charge in [-0.3, -0.25) is 9.59 Å². The molecule has 0 heterocycles. The lowest BCUT2D eigenvalue weighted by molar-refractivity contribution is -0.168. The number of rotatable bonds is 6. The number of carbonyl (C=O) groups excluding carboxylic acids is 1. The first kappa shape index (κ1) is 23.9. The molecule has 3 saturated carbocycles. The molecule has 0 aromatic rings. The molecule has 0 aromatic heterocycles. The molecule has 0 spiro atoms. The summed E-state index contributed by atoms with van der Waals surface area (Å²) in [6.07, 6.45) is 8.37. The number of aliphatic carboxylic acids is 1. The average Bonchev–Trinajstić information content (AvgIpc) is 3.08. The van der Waals surface area contributed by atoms with Crippen molar-refractivity contribution in [3.05, 3.63) is 11.6 Å². The van der Waals surface area contributed by atoms with Gasteiger partial charge < -0.3 is 15.3 Å². The summed E-state index contributed by atoms with van der Waals surface area (Å²) >= 11 is 0. The number of hydrogen-bond acceptors (Lipinski definition) is 4. The van der Waals surface area contributed by atoms with Gasteiger partial charge in [-0.25, -0.2) is 0 Å². The lowest BCUT2D eigenvalue weighted by atomic mass is 9.45. The molecule has 0 aromatic carbocycles. The van der Waals surface area contributed by atoms with Crippen LogP contribution in [0.5, 0.6) is 0 Å². The molecule has 4 aliphatic carbocycles. The summed E-state index contributed by atoms with van der Waals surface area (Å²) in [5, 5.41) is 32.0. The van der Waals surface area contributed by atoms with Crippen molar-refractivity contribution in [1.29, 1.82) is 0 Å². The Bertz CT molecular complexity index is 789. The fraction of sp³-hybridized carbons (Fsp3) is 0.852. The third kappa shape index (κ3) is 3.68. The standard InChI is InChI=1S/C27H42O5/c1-15(6-5-7-16(2)25(31)32)19-8-9-20-24-21(14-23(30)27(19,20)4)26(3)11-10-18(28)12-17(26)13-22(24)29/h12,15-16,19-24,29-30H,5-11,13-14H2,1-4H3,(H,31,32)/t15-,16?,19-,20?,21?,22?,23+,24?,26+,27-/m1/s1. The number of carboxylic acid groups (broad SMARTS) is 1. The van der Waals surface area contributed by atoms with Crippen molar-refractivity contribution in [3.8, 4) is 0 Å². The summed E-state index contributed by atoms with van der Waals surface area (Å²) in [4.78, 5) is 23.2. The molecule has 0 aliphatic heterocycles. The molecule has 0 bridgehead atoms. The Balaban J connectivity index is 1.53. The van der Waals surface area contributed by atoms with Crippen LogP contribution in [-0.2, 0) is 9.59 Å². The maximum absolute atomic E-state index is 12.1. The average molecular weight is 447 g/mol. The number of carbonyl (C=O) groups is 2. The smallest absolute Gasteiger partial charge is 0.306 e. The summed E-state index contributed by atoms with van der Waals surface area (Å²) in [5.74, 6) is 0.676. The molecule has 4 aliphatic rings. The molecule has 5 heteroatoms. The van der Waals surface area contributed by atoms with Gasteiger partial charge in [0.25, 0.3) is 0 Å². The largest absolute Gasteiger partial charge is 0.481 e. The minimum atomic E-state index is -0.725. The number of fused-ring (bicyclic) bond motifs is 5. The van der Waals surface area contributed by atoms with Crippen molar-refractivity contribution >= 4 is 11.8 Å². The predicted octanol–water partition coefficient (Wildman–Crippen LogP) is 4.60. The van der Waals surface area contributed by atoms with E-state index < -0.39 is 18.2 Å². The van der Waals surface area contributed by atoms with Gasteiger partial charge in [-0.2, -0.15) is 0 Å². The first-order chi connectivity index (χ1) is 15.0. The Morgan fingerprint density at radius 1 is 1.16 bits per heavy atom. The van der Waals surface area contributed by atoms with Crippen molar-refractivity contribution in [2.24, 2.45) is 46.3 Å². The van der Waals surface area contributed by atoms with Gasteiger partial charge in [-0.05, 0) is 85.0 Å². The molecule has 180 valence electrons. The van der Waals surface area contributed by atoms with Crippen LogP contribution in [0.3, 0.4) is 0 Å². The van der Waals surface area contributed by atoms with E-state index in [0.29, 0.717) is 43.4 Å². The maximum Gasteiger partial charge on any atom is 0.306 e. The minimum Gasteiger partial charge on any atom is -0.481 e. The van der Waals surface area contributed by atoms with E-state index >= 15 is 0 Å². The Morgan fingerprint density at radius 2 is 1.88 bits per heavy atom. The zero-order valence-electron chi connectivity index (χ0n) is 20.2. The second kappa shape index (κ2) is 8.54. The normalized spacial score (nSPS) is 45.3. The molecule has 3 N–H and O–H groups in total. The number of hydrogen-bond donors (Lipinski definition) is 3. The van der Waals surface area contributed by atoms with Crippen LogP contribution in [0.2, 0.25) is 0 Å². The zero-order valence-corrected chi connectivity index (χ0v) is 20.2. The summed E-state index contributed by atoms with van der Waals surface area (Å²) in [6, 6.07) is 0. The number of ketones is 1. The van der Waals surface area contributed by atoms with E-state index in [1.54, 1.807) is 13.0 Å². The lowest BCUT2D eigenvalue weighted by Gasteiger charge is -2.61. The van der Waals surface area contributed by atoms with E-state index in [1.807, 2.05) is 0 Å². The number of aliphatic hydroxyl groups excluding tert-OH is 2. The fourth-order valence-corrected chi connectivity index (χ4v) is 8.53. The van der Waals surface area contributed by atoms with Crippen molar-refractivity contribution in [2.75, 3.05) is 0 Å². The quantitative estimate of drug-likeness (QED) is 0.554. The minimum absolute atomic E-state index is 0.0865. The van der Waals surface area contributed by atoms with E-state index in [2.05, 4.69) is 20.8 Å². The molecule has 0 amide bonds. The van der Waals surface area contributed by atoms with E-state index in [9.17, 15) is 19.8 Å². The first-order valence-corrected chi connectivity index (χ1v) is 12.8. The molecule has 32 heavy (non-hydrogen) atoms. The van der Waals surface area contributed by atoms with Gasteiger partial charge in [0, 0.05) is 6.42 Å². The van der Waals surface area contributed by atoms with E-state index in [-0.39, 0.29) is 34.4 Å². The predicted molar refractivity (Wildman–Crippen MR) is 123 cm³/mol. The first-order valence-electron chi connectivity index (χ1n) is 12.8. The van der Waals surface area contributed by atoms with Gasteiger partial charge in [-0.15, -0.1) is 0 Å². The third-order valence-electron chi connectivity index (χ3n) is 10.6. The number of aliphatic hydroxyl groups is 2. The summed E-state index contributed by atoms with van der Waals surface area (Å²) in [6.45, 7) is 8.58. The van der Waals surface area contributed by atoms with E-state index in [0.717, 1.165) is 37.7 Å². The van der Waals surface area contributed by atoms with Crippen molar-refractivity contribution in [1.82, 2.24) is 0 Å². The van der Waals surface area contributed by atoms with Crippen LogP contribution in [-0.4, -0.2) is 39.3 Å². The highest BCUT2D eigenvalue weighted by Gasteiger charge is 2.64. The van der Waals surface area contributed by atoms with Crippen molar-refractivity contribution in [3.63, 3.8) is 0 Å². The molecule has 0 radical (unpaired) electrons. The molecular formula is C27H42O5. The fourth-order valence-electron chi connectivity index (χ4n) is 8.53. The van der Waals surface area contributed by atoms with Gasteiger partial charge in [0.1, 0.15) is 0 Å². The van der Waals surface area contributed by atoms with Gasteiger partial charge in [-0.1, -0.05) is 46.1 Å². The molecule has 4 rings (SSSR count). The van der Waals surface area contributed by atoms with E-state index in [1.165, 1.54) is 0 Å². The van der Waals surface area contributed by atoms with Crippen molar-refractivity contribution in [2.45, 2.75) is 97.7 Å². The van der Waals surface area contributed by atoms with Crippen LogP contribution in [0.25, 0.3) is 0 Å². The third-order valence-corrected chi connectivity index (χ3v) is 10.6. The monoisotopic (exact) mass is 446 g/mol.